The standard InChI is InChI=1S/C26H28F3N3O2/c1-24(2,3)19-15-13-18(14-16-19)22(33)31-25(26(27,28)29)23(34)32(20-11-7-8-12-20)21(30-25)17-9-5-4-6-10-17/h4-6,9-10,13-16,20H,7-8,11-12H2,1-3H3,(H,31,33)/t25-/m1/s1. The molecule has 4 rings (SSSR count). The van der Waals surface area contributed by atoms with Crippen molar-refractivity contribution < 1.29 is 22.8 Å². The zero-order valence-electron chi connectivity index (χ0n) is 19.4. The molecule has 1 N–H and O–H groups in total. The Labute approximate surface area is 197 Å². The van der Waals surface area contributed by atoms with E-state index >= 15 is 0 Å². The van der Waals surface area contributed by atoms with E-state index in [9.17, 15) is 22.8 Å². The summed E-state index contributed by atoms with van der Waals surface area (Å²) in [5.74, 6) is -2.32. The molecule has 1 atom stereocenters. The summed E-state index contributed by atoms with van der Waals surface area (Å²) in [5, 5.41) is 1.97. The number of amides is 2. The van der Waals surface area contributed by atoms with Crippen molar-refractivity contribution in [3.05, 3.63) is 71.3 Å². The van der Waals surface area contributed by atoms with Gasteiger partial charge in [0.2, 0.25) is 0 Å². The number of benzene rings is 2. The van der Waals surface area contributed by atoms with Crippen molar-refractivity contribution in [2.75, 3.05) is 0 Å². The molecule has 0 unspecified atom stereocenters. The summed E-state index contributed by atoms with van der Waals surface area (Å²) < 4.78 is 43.6. The predicted octanol–water partition coefficient (Wildman–Crippen LogP) is 5.20. The molecule has 34 heavy (non-hydrogen) atoms. The first-order valence-electron chi connectivity index (χ1n) is 11.4. The summed E-state index contributed by atoms with van der Waals surface area (Å²) in [7, 11) is 0. The van der Waals surface area contributed by atoms with Crippen LogP contribution in [0.2, 0.25) is 0 Å². The molecule has 0 spiro atoms. The van der Waals surface area contributed by atoms with Gasteiger partial charge in [-0.2, -0.15) is 13.2 Å². The lowest BCUT2D eigenvalue weighted by Gasteiger charge is -2.31. The molecular formula is C26H28F3N3O2. The van der Waals surface area contributed by atoms with Crippen molar-refractivity contribution in [2.45, 2.75) is 69.8 Å². The lowest BCUT2D eigenvalue weighted by Crippen LogP contribution is -2.64. The van der Waals surface area contributed by atoms with Crippen LogP contribution >= 0.6 is 0 Å². The molecule has 2 aliphatic rings. The maximum Gasteiger partial charge on any atom is 0.442 e. The van der Waals surface area contributed by atoms with Gasteiger partial charge in [0, 0.05) is 17.2 Å². The fraction of sp³-hybridized carbons (Fsp3) is 0.423. The number of carbonyl (C=O) groups excluding carboxylic acids is 2. The third-order valence-electron chi connectivity index (χ3n) is 6.47. The number of hydrogen-bond acceptors (Lipinski definition) is 3. The lowest BCUT2D eigenvalue weighted by atomic mass is 9.86. The predicted molar refractivity (Wildman–Crippen MR) is 123 cm³/mol. The summed E-state index contributed by atoms with van der Waals surface area (Å²) in [5.41, 5.74) is -2.19. The molecule has 1 aliphatic carbocycles. The Bertz CT molecular complexity index is 1100. The van der Waals surface area contributed by atoms with Crippen LogP contribution in [0.4, 0.5) is 13.2 Å². The number of carbonyl (C=O) groups is 2. The van der Waals surface area contributed by atoms with Gasteiger partial charge in [-0.05, 0) is 36.0 Å². The molecule has 2 amide bonds. The van der Waals surface area contributed by atoms with Crippen molar-refractivity contribution >= 4 is 17.6 Å². The van der Waals surface area contributed by atoms with Crippen LogP contribution in [0.1, 0.15) is 67.9 Å². The van der Waals surface area contributed by atoms with Crippen molar-refractivity contribution in [3.63, 3.8) is 0 Å². The zero-order chi connectivity index (χ0) is 24.7. The van der Waals surface area contributed by atoms with Gasteiger partial charge in [-0.25, -0.2) is 4.99 Å². The van der Waals surface area contributed by atoms with E-state index in [-0.39, 0.29) is 16.8 Å². The van der Waals surface area contributed by atoms with Gasteiger partial charge in [0.05, 0.1) is 0 Å². The molecule has 1 heterocycles. The highest BCUT2D eigenvalue weighted by atomic mass is 19.4. The van der Waals surface area contributed by atoms with Crippen LogP contribution in [-0.4, -0.2) is 40.4 Å². The Morgan fingerprint density at radius 1 is 1.00 bits per heavy atom. The van der Waals surface area contributed by atoms with Crippen LogP contribution in [0.3, 0.4) is 0 Å². The van der Waals surface area contributed by atoms with Crippen LogP contribution in [0, 0.1) is 0 Å². The molecular weight excluding hydrogens is 443 g/mol. The summed E-state index contributed by atoms with van der Waals surface area (Å²) >= 11 is 0. The van der Waals surface area contributed by atoms with Crippen molar-refractivity contribution in [2.24, 2.45) is 4.99 Å². The molecule has 1 saturated carbocycles. The van der Waals surface area contributed by atoms with Gasteiger partial charge in [0.1, 0.15) is 5.84 Å². The lowest BCUT2D eigenvalue weighted by molar-refractivity contribution is -0.196. The summed E-state index contributed by atoms with van der Waals surface area (Å²) in [4.78, 5) is 31.5. The first-order chi connectivity index (χ1) is 15.9. The molecule has 180 valence electrons. The maximum absolute atomic E-state index is 14.5. The van der Waals surface area contributed by atoms with E-state index in [4.69, 9.17) is 0 Å². The molecule has 0 radical (unpaired) electrons. The average Bonchev–Trinajstić information content (AvgIpc) is 3.40. The minimum atomic E-state index is -5.13. The fourth-order valence-corrected chi connectivity index (χ4v) is 4.52. The number of hydrogen-bond donors (Lipinski definition) is 1. The number of amidine groups is 1. The largest absolute Gasteiger partial charge is 0.442 e. The van der Waals surface area contributed by atoms with Gasteiger partial charge >= 0.3 is 11.8 Å². The summed E-state index contributed by atoms with van der Waals surface area (Å²) in [6.45, 7) is 5.99. The van der Waals surface area contributed by atoms with Crippen LogP contribution in [-0.2, 0) is 10.2 Å². The third-order valence-corrected chi connectivity index (χ3v) is 6.47. The van der Waals surface area contributed by atoms with Crippen LogP contribution < -0.4 is 5.32 Å². The molecule has 8 heteroatoms. The molecule has 5 nitrogen and oxygen atoms in total. The van der Waals surface area contributed by atoms with E-state index in [1.54, 1.807) is 42.5 Å². The number of halogens is 3. The third kappa shape index (κ3) is 4.21. The summed E-state index contributed by atoms with van der Waals surface area (Å²) in [6.07, 6.45) is -2.30. The van der Waals surface area contributed by atoms with Gasteiger partial charge in [-0.15, -0.1) is 0 Å². The number of aliphatic imine (C=N–C) groups is 1. The molecule has 0 aromatic heterocycles. The van der Waals surface area contributed by atoms with E-state index < -0.39 is 29.7 Å². The quantitative estimate of drug-likeness (QED) is 0.666. The van der Waals surface area contributed by atoms with Gasteiger partial charge < -0.3 is 5.32 Å². The van der Waals surface area contributed by atoms with E-state index in [0.29, 0.717) is 18.4 Å². The van der Waals surface area contributed by atoms with Crippen molar-refractivity contribution in [1.29, 1.82) is 0 Å². The average molecular weight is 472 g/mol. The number of rotatable bonds is 4. The molecule has 1 aliphatic heterocycles. The first kappa shape index (κ1) is 24.0. The molecule has 0 saturated heterocycles. The van der Waals surface area contributed by atoms with Gasteiger partial charge in [-0.1, -0.05) is 76.1 Å². The zero-order valence-corrected chi connectivity index (χ0v) is 19.4. The Morgan fingerprint density at radius 3 is 2.12 bits per heavy atom. The Balaban J connectivity index is 1.75. The minimum absolute atomic E-state index is 0.0280. The van der Waals surface area contributed by atoms with Crippen molar-refractivity contribution in [3.8, 4) is 0 Å². The second-order valence-electron chi connectivity index (χ2n) is 9.90. The SMILES string of the molecule is CC(C)(C)c1ccc(C(=O)N[C@]2(C(F)(F)F)N=C(c3ccccc3)N(C3CCCC3)C2=O)cc1. The van der Waals surface area contributed by atoms with E-state index in [1.807, 2.05) is 26.1 Å². The van der Waals surface area contributed by atoms with E-state index in [1.165, 1.54) is 12.1 Å². The van der Waals surface area contributed by atoms with Crippen molar-refractivity contribution in [1.82, 2.24) is 10.2 Å². The molecule has 0 bridgehead atoms. The number of alkyl halides is 3. The van der Waals surface area contributed by atoms with E-state index in [0.717, 1.165) is 23.3 Å². The minimum Gasteiger partial charge on any atom is -0.312 e. The van der Waals surface area contributed by atoms with Gasteiger partial charge in [0.25, 0.3) is 11.8 Å². The molecule has 2 aromatic carbocycles. The highest BCUT2D eigenvalue weighted by Crippen LogP contribution is 2.41. The smallest absolute Gasteiger partial charge is 0.312 e. The molecule has 1 fully saturated rings. The first-order valence-corrected chi connectivity index (χ1v) is 11.4. The Hall–Kier alpha value is -3.16. The van der Waals surface area contributed by atoms with E-state index in [2.05, 4.69) is 4.99 Å². The summed E-state index contributed by atoms with van der Waals surface area (Å²) in [6, 6.07) is 14.3. The van der Waals surface area contributed by atoms with Crippen LogP contribution in [0.5, 0.6) is 0 Å². The maximum atomic E-state index is 14.5. The van der Waals surface area contributed by atoms with Gasteiger partial charge in [-0.3, -0.25) is 14.5 Å². The monoisotopic (exact) mass is 471 g/mol. The Morgan fingerprint density at radius 2 is 1.59 bits per heavy atom. The second-order valence-corrected chi connectivity index (χ2v) is 9.90. The van der Waals surface area contributed by atoms with Crippen LogP contribution in [0.15, 0.2) is 59.6 Å². The van der Waals surface area contributed by atoms with Crippen LogP contribution in [0.25, 0.3) is 0 Å². The number of nitrogens with zero attached hydrogens (tertiary/aromatic N) is 2. The molecule has 2 aromatic rings. The Kier molecular flexibility index (Phi) is 6.04. The normalized spacial score (nSPS) is 21.6. The highest BCUT2D eigenvalue weighted by molar-refractivity contribution is 6.17. The number of nitrogens with one attached hydrogen (secondary N) is 1. The topological polar surface area (TPSA) is 61.8 Å². The second kappa shape index (κ2) is 8.56. The highest BCUT2D eigenvalue weighted by Gasteiger charge is 2.68. The fourth-order valence-electron chi connectivity index (χ4n) is 4.52. The van der Waals surface area contributed by atoms with Gasteiger partial charge in [0.15, 0.2) is 0 Å².